The van der Waals surface area contributed by atoms with Crippen molar-refractivity contribution in [3.05, 3.63) is 45.3 Å². The first kappa shape index (κ1) is 17.0. The third kappa shape index (κ3) is 4.32. The smallest absolute Gasteiger partial charge is 0.374 e. The normalized spacial score (nSPS) is 12.0. The highest BCUT2D eigenvalue weighted by Gasteiger charge is 2.16. The fourth-order valence-corrected chi connectivity index (χ4v) is 2.02. The van der Waals surface area contributed by atoms with Crippen LogP contribution in [0.15, 0.2) is 33.5 Å². The Bertz CT molecular complexity index is 799. The Kier molecular flexibility index (Phi) is 5.39. The van der Waals surface area contributed by atoms with Gasteiger partial charge >= 0.3 is 5.97 Å². The maximum Gasteiger partial charge on any atom is 0.374 e. The molecule has 0 spiro atoms. The van der Waals surface area contributed by atoms with Crippen LogP contribution in [0.3, 0.4) is 0 Å². The summed E-state index contributed by atoms with van der Waals surface area (Å²) in [6.07, 6.45) is 0.766. The van der Waals surface area contributed by atoms with Gasteiger partial charge in [-0.05, 0) is 31.5 Å². The summed E-state index contributed by atoms with van der Waals surface area (Å²) in [5.41, 5.74) is -0.192. The van der Waals surface area contributed by atoms with Crippen LogP contribution < -0.4 is 10.7 Å². The van der Waals surface area contributed by atoms with E-state index in [1.165, 1.54) is 12.1 Å². The Morgan fingerprint density at radius 3 is 2.78 bits per heavy atom. The molecule has 0 aliphatic carbocycles. The largest absolute Gasteiger partial charge is 0.450 e. The molecule has 1 aromatic carbocycles. The first-order valence-corrected chi connectivity index (χ1v) is 7.48. The summed E-state index contributed by atoms with van der Waals surface area (Å²) in [6, 6.07) is 5.50. The number of hydrogen-bond acceptors (Lipinski definition) is 5. The molecule has 0 bridgehead atoms. The fraction of sp³-hybridized carbons (Fsp3) is 0.312. The molecular weight excluding hydrogens is 322 g/mol. The standard InChI is InChI=1S/C16H16ClNO5/c1-3-9(2)18-15(20)8-22-16(21)14-7-12(19)11-6-10(17)4-5-13(11)23-14/h4-7,9H,3,8H2,1-2H3,(H,18,20). The number of carbonyl (C=O) groups is 2. The van der Waals surface area contributed by atoms with Crippen LogP contribution in [0, 0.1) is 0 Å². The molecule has 1 atom stereocenters. The molecule has 0 aliphatic heterocycles. The van der Waals surface area contributed by atoms with Crippen molar-refractivity contribution in [2.24, 2.45) is 0 Å². The summed E-state index contributed by atoms with van der Waals surface area (Å²) in [4.78, 5) is 35.4. The van der Waals surface area contributed by atoms with E-state index in [0.717, 1.165) is 12.5 Å². The number of amides is 1. The summed E-state index contributed by atoms with van der Waals surface area (Å²) in [5, 5.41) is 3.32. The van der Waals surface area contributed by atoms with Gasteiger partial charge < -0.3 is 14.5 Å². The third-order valence-corrected chi connectivity index (χ3v) is 3.48. The maximum atomic E-state index is 12.0. The highest BCUT2D eigenvalue weighted by Crippen LogP contribution is 2.17. The van der Waals surface area contributed by atoms with E-state index in [0.29, 0.717) is 5.02 Å². The Balaban J connectivity index is 2.11. The zero-order valence-electron chi connectivity index (χ0n) is 12.7. The molecule has 0 saturated heterocycles. The Labute approximate surface area is 137 Å². The average molecular weight is 338 g/mol. The van der Waals surface area contributed by atoms with Crippen molar-refractivity contribution >= 4 is 34.4 Å². The second-order valence-electron chi connectivity index (χ2n) is 5.07. The lowest BCUT2D eigenvalue weighted by Crippen LogP contribution is -2.35. The Morgan fingerprint density at radius 2 is 2.09 bits per heavy atom. The van der Waals surface area contributed by atoms with Crippen LogP contribution in [0.1, 0.15) is 30.8 Å². The van der Waals surface area contributed by atoms with Crippen LogP contribution in [-0.2, 0) is 9.53 Å². The number of hydrogen-bond donors (Lipinski definition) is 1. The number of rotatable bonds is 5. The lowest BCUT2D eigenvalue weighted by molar-refractivity contribution is -0.124. The molecule has 1 heterocycles. The molecule has 1 amide bonds. The van der Waals surface area contributed by atoms with E-state index < -0.39 is 23.9 Å². The van der Waals surface area contributed by atoms with Gasteiger partial charge in [-0.15, -0.1) is 0 Å². The van der Waals surface area contributed by atoms with E-state index in [2.05, 4.69) is 5.32 Å². The van der Waals surface area contributed by atoms with Crippen molar-refractivity contribution in [3.8, 4) is 0 Å². The minimum atomic E-state index is -0.877. The van der Waals surface area contributed by atoms with Crippen molar-refractivity contribution in [1.82, 2.24) is 5.32 Å². The van der Waals surface area contributed by atoms with Crippen LogP contribution in [0.5, 0.6) is 0 Å². The minimum Gasteiger partial charge on any atom is -0.450 e. The van der Waals surface area contributed by atoms with Crippen molar-refractivity contribution in [2.75, 3.05) is 6.61 Å². The summed E-state index contributed by atoms with van der Waals surface area (Å²) in [6.45, 7) is 3.33. The molecule has 2 aromatic rings. The van der Waals surface area contributed by atoms with Gasteiger partial charge in [0.25, 0.3) is 5.91 Å². The molecule has 122 valence electrons. The van der Waals surface area contributed by atoms with Crippen molar-refractivity contribution in [1.29, 1.82) is 0 Å². The highest BCUT2D eigenvalue weighted by molar-refractivity contribution is 6.31. The topological polar surface area (TPSA) is 85.6 Å². The van der Waals surface area contributed by atoms with E-state index in [1.807, 2.05) is 13.8 Å². The molecule has 1 N–H and O–H groups in total. The molecule has 0 fully saturated rings. The number of esters is 1. The SMILES string of the molecule is CCC(C)NC(=O)COC(=O)c1cc(=O)c2cc(Cl)ccc2o1. The maximum absolute atomic E-state index is 12.0. The van der Waals surface area contributed by atoms with Crippen molar-refractivity contribution < 1.29 is 18.7 Å². The molecule has 23 heavy (non-hydrogen) atoms. The van der Waals surface area contributed by atoms with E-state index >= 15 is 0 Å². The Hall–Kier alpha value is -2.34. The van der Waals surface area contributed by atoms with Crippen LogP contribution in [0.25, 0.3) is 11.0 Å². The third-order valence-electron chi connectivity index (χ3n) is 3.24. The summed E-state index contributed by atoms with van der Waals surface area (Å²) in [5.74, 6) is -1.55. The summed E-state index contributed by atoms with van der Waals surface area (Å²) in [7, 11) is 0. The predicted octanol–water partition coefficient (Wildman–Crippen LogP) is 2.52. The second-order valence-corrected chi connectivity index (χ2v) is 5.50. The predicted molar refractivity (Wildman–Crippen MR) is 85.7 cm³/mol. The van der Waals surface area contributed by atoms with Gasteiger partial charge in [0, 0.05) is 17.1 Å². The quantitative estimate of drug-likeness (QED) is 0.847. The fourth-order valence-electron chi connectivity index (χ4n) is 1.85. The number of ether oxygens (including phenoxy) is 1. The monoisotopic (exact) mass is 337 g/mol. The molecular formula is C16H16ClNO5. The van der Waals surface area contributed by atoms with Crippen LogP contribution in [-0.4, -0.2) is 24.5 Å². The van der Waals surface area contributed by atoms with Crippen LogP contribution >= 0.6 is 11.6 Å². The van der Waals surface area contributed by atoms with Gasteiger partial charge in [0.1, 0.15) is 5.58 Å². The van der Waals surface area contributed by atoms with E-state index in [-0.39, 0.29) is 22.8 Å². The van der Waals surface area contributed by atoms with E-state index in [4.69, 9.17) is 20.8 Å². The molecule has 0 saturated carbocycles. The van der Waals surface area contributed by atoms with Gasteiger partial charge in [0.15, 0.2) is 12.0 Å². The molecule has 0 aliphatic rings. The summed E-state index contributed by atoms with van der Waals surface area (Å²) < 4.78 is 10.2. The highest BCUT2D eigenvalue weighted by atomic mass is 35.5. The first-order valence-electron chi connectivity index (χ1n) is 7.10. The first-order chi connectivity index (χ1) is 10.9. The molecule has 7 heteroatoms. The van der Waals surface area contributed by atoms with Gasteiger partial charge in [0.05, 0.1) is 5.39 Å². The average Bonchev–Trinajstić information content (AvgIpc) is 2.52. The van der Waals surface area contributed by atoms with Crippen LogP contribution in [0.4, 0.5) is 0 Å². The van der Waals surface area contributed by atoms with Gasteiger partial charge in [-0.25, -0.2) is 4.79 Å². The van der Waals surface area contributed by atoms with Gasteiger partial charge in [-0.2, -0.15) is 0 Å². The molecule has 6 nitrogen and oxygen atoms in total. The van der Waals surface area contributed by atoms with Gasteiger partial charge in [-0.1, -0.05) is 18.5 Å². The lowest BCUT2D eigenvalue weighted by atomic mass is 10.2. The molecule has 1 aromatic heterocycles. The number of nitrogens with one attached hydrogen (secondary N) is 1. The zero-order chi connectivity index (χ0) is 17.0. The Morgan fingerprint density at radius 1 is 1.35 bits per heavy atom. The number of halogens is 1. The minimum absolute atomic E-state index is 0.00967. The summed E-state index contributed by atoms with van der Waals surface area (Å²) >= 11 is 5.81. The van der Waals surface area contributed by atoms with E-state index in [9.17, 15) is 14.4 Å². The zero-order valence-corrected chi connectivity index (χ0v) is 13.5. The van der Waals surface area contributed by atoms with Crippen molar-refractivity contribution in [2.45, 2.75) is 26.3 Å². The molecule has 1 unspecified atom stereocenters. The van der Waals surface area contributed by atoms with Crippen LogP contribution in [0.2, 0.25) is 5.02 Å². The van der Waals surface area contributed by atoms with Gasteiger partial charge in [0.2, 0.25) is 5.76 Å². The lowest BCUT2D eigenvalue weighted by Gasteiger charge is -2.11. The second kappa shape index (κ2) is 7.28. The molecule has 0 radical (unpaired) electrons. The molecule has 2 rings (SSSR count). The van der Waals surface area contributed by atoms with E-state index in [1.54, 1.807) is 6.07 Å². The number of carbonyl (C=O) groups excluding carboxylic acids is 2. The number of fused-ring (bicyclic) bond motifs is 1. The van der Waals surface area contributed by atoms with Gasteiger partial charge in [-0.3, -0.25) is 9.59 Å². The van der Waals surface area contributed by atoms with Crippen molar-refractivity contribution in [3.63, 3.8) is 0 Å². The number of benzene rings is 1.